The molecule has 0 aliphatic heterocycles. The summed E-state index contributed by atoms with van der Waals surface area (Å²) in [6.45, 7) is 2.06. The number of rotatable bonds is 4. The Morgan fingerprint density at radius 3 is 2.78 bits per heavy atom. The summed E-state index contributed by atoms with van der Waals surface area (Å²) in [5, 5.41) is 0. The van der Waals surface area contributed by atoms with Gasteiger partial charge in [-0.05, 0) is 29.7 Å². The lowest BCUT2D eigenvalue weighted by Gasteiger charge is -2.11. The van der Waals surface area contributed by atoms with Gasteiger partial charge in [0.25, 0.3) is 5.91 Å². The van der Waals surface area contributed by atoms with E-state index in [-0.39, 0.29) is 0 Å². The number of aromatic nitrogens is 2. The molecule has 0 saturated carbocycles. The number of pyridine rings is 2. The second-order valence-electron chi connectivity index (χ2n) is 4.04. The zero-order valence-electron chi connectivity index (χ0n) is 10.3. The molecule has 92 valence electrons. The fraction of sp³-hybridized carbons (Fsp3) is 0.214. The molecule has 18 heavy (non-hydrogen) atoms. The number of nitrogens with two attached hydrogens (primary N) is 1. The number of primary amides is 1. The normalized spacial score (nSPS) is 10.3. The van der Waals surface area contributed by atoms with Crippen LogP contribution in [0.25, 0.3) is 11.1 Å². The van der Waals surface area contributed by atoms with Gasteiger partial charge in [0.2, 0.25) is 0 Å². The number of carbonyl (C=O) groups is 1. The van der Waals surface area contributed by atoms with E-state index >= 15 is 0 Å². The van der Waals surface area contributed by atoms with E-state index in [2.05, 4.69) is 16.9 Å². The maximum Gasteiger partial charge on any atom is 0.267 e. The van der Waals surface area contributed by atoms with Crippen molar-refractivity contribution in [2.75, 3.05) is 0 Å². The Morgan fingerprint density at radius 2 is 2.17 bits per heavy atom. The molecule has 0 unspecified atom stereocenters. The third-order valence-electron chi connectivity index (χ3n) is 2.76. The van der Waals surface area contributed by atoms with E-state index in [0.29, 0.717) is 5.69 Å². The Hall–Kier alpha value is -2.23. The quantitative estimate of drug-likeness (QED) is 0.892. The number of amides is 1. The molecule has 0 radical (unpaired) electrons. The molecule has 0 saturated heterocycles. The number of hydrogen-bond donors (Lipinski definition) is 1. The van der Waals surface area contributed by atoms with Gasteiger partial charge in [0.1, 0.15) is 5.69 Å². The van der Waals surface area contributed by atoms with E-state index in [4.69, 9.17) is 5.73 Å². The van der Waals surface area contributed by atoms with Crippen molar-refractivity contribution in [3.05, 3.63) is 48.0 Å². The van der Waals surface area contributed by atoms with E-state index < -0.39 is 5.91 Å². The Labute approximate surface area is 106 Å². The molecular formula is C14H15N3O. The standard InChI is InChI=1S/C14H15N3O/c1-2-4-12-11(10-5-3-7-16-9-10)6-8-17-13(12)14(15)18/h3,5-9H,2,4H2,1H3,(H2,15,18). The van der Waals surface area contributed by atoms with E-state index in [0.717, 1.165) is 29.5 Å². The van der Waals surface area contributed by atoms with Crippen LogP contribution in [-0.2, 0) is 6.42 Å². The number of carbonyl (C=O) groups excluding carboxylic acids is 1. The van der Waals surface area contributed by atoms with Gasteiger partial charge in [-0.15, -0.1) is 0 Å². The van der Waals surface area contributed by atoms with Crippen molar-refractivity contribution in [1.29, 1.82) is 0 Å². The van der Waals surface area contributed by atoms with Crippen molar-refractivity contribution in [3.8, 4) is 11.1 Å². The Kier molecular flexibility index (Phi) is 3.67. The summed E-state index contributed by atoms with van der Waals surface area (Å²) in [7, 11) is 0. The molecule has 2 rings (SSSR count). The van der Waals surface area contributed by atoms with E-state index in [9.17, 15) is 4.79 Å². The molecule has 2 aromatic rings. The van der Waals surface area contributed by atoms with Gasteiger partial charge in [0.05, 0.1) is 0 Å². The minimum atomic E-state index is -0.482. The Morgan fingerprint density at radius 1 is 1.33 bits per heavy atom. The van der Waals surface area contributed by atoms with E-state index in [1.54, 1.807) is 18.6 Å². The summed E-state index contributed by atoms with van der Waals surface area (Å²) in [5.74, 6) is -0.482. The summed E-state index contributed by atoms with van der Waals surface area (Å²) in [5.41, 5.74) is 8.60. The second kappa shape index (κ2) is 5.40. The molecule has 4 nitrogen and oxygen atoms in total. The summed E-state index contributed by atoms with van der Waals surface area (Å²) < 4.78 is 0. The molecule has 0 atom stereocenters. The molecule has 0 fully saturated rings. The van der Waals surface area contributed by atoms with Crippen molar-refractivity contribution in [3.63, 3.8) is 0 Å². The first kappa shape index (κ1) is 12.2. The Bertz CT molecular complexity index is 552. The molecule has 0 spiro atoms. The fourth-order valence-corrected chi connectivity index (χ4v) is 2.00. The SMILES string of the molecule is CCCc1c(-c2cccnc2)ccnc1C(N)=O. The lowest BCUT2D eigenvalue weighted by atomic mass is 9.97. The first-order valence-corrected chi connectivity index (χ1v) is 5.92. The molecule has 0 bridgehead atoms. The molecule has 2 heterocycles. The summed E-state index contributed by atoms with van der Waals surface area (Å²) in [6, 6.07) is 5.73. The average molecular weight is 241 g/mol. The molecule has 0 aliphatic rings. The first-order chi connectivity index (χ1) is 8.74. The van der Waals surface area contributed by atoms with Crippen molar-refractivity contribution in [2.45, 2.75) is 19.8 Å². The molecule has 2 N–H and O–H groups in total. The van der Waals surface area contributed by atoms with Gasteiger partial charge in [-0.25, -0.2) is 0 Å². The van der Waals surface area contributed by atoms with Crippen LogP contribution in [0.1, 0.15) is 29.4 Å². The third kappa shape index (κ3) is 2.37. The molecule has 0 aliphatic carbocycles. The Balaban J connectivity index is 2.60. The lowest BCUT2D eigenvalue weighted by Crippen LogP contribution is -2.16. The fourth-order valence-electron chi connectivity index (χ4n) is 2.00. The lowest BCUT2D eigenvalue weighted by molar-refractivity contribution is 0.0994. The third-order valence-corrected chi connectivity index (χ3v) is 2.76. The van der Waals surface area contributed by atoms with Crippen LogP contribution in [0, 0.1) is 0 Å². The predicted molar refractivity (Wildman–Crippen MR) is 70.0 cm³/mol. The van der Waals surface area contributed by atoms with Crippen molar-refractivity contribution in [2.24, 2.45) is 5.73 Å². The molecule has 2 aromatic heterocycles. The highest BCUT2D eigenvalue weighted by Gasteiger charge is 2.14. The highest BCUT2D eigenvalue weighted by atomic mass is 16.1. The van der Waals surface area contributed by atoms with Gasteiger partial charge in [-0.1, -0.05) is 19.4 Å². The van der Waals surface area contributed by atoms with Gasteiger partial charge in [-0.2, -0.15) is 0 Å². The van der Waals surface area contributed by atoms with Crippen LogP contribution in [-0.4, -0.2) is 15.9 Å². The van der Waals surface area contributed by atoms with Crippen molar-refractivity contribution >= 4 is 5.91 Å². The topological polar surface area (TPSA) is 68.9 Å². The molecular weight excluding hydrogens is 226 g/mol. The zero-order valence-corrected chi connectivity index (χ0v) is 10.3. The van der Waals surface area contributed by atoms with E-state index in [1.807, 2.05) is 18.2 Å². The van der Waals surface area contributed by atoms with Crippen LogP contribution in [0.15, 0.2) is 36.8 Å². The smallest absolute Gasteiger partial charge is 0.267 e. The molecule has 1 amide bonds. The summed E-state index contributed by atoms with van der Waals surface area (Å²) in [4.78, 5) is 19.6. The highest BCUT2D eigenvalue weighted by Crippen LogP contribution is 2.25. The number of nitrogens with zero attached hydrogens (tertiary/aromatic N) is 2. The summed E-state index contributed by atoms with van der Waals surface area (Å²) in [6.07, 6.45) is 6.82. The summed E-state index contributed by atoms with van der Waals surface area (Å²) >= 11 is 0. The average Bonchev–Trinajstić information content (AvgIpc) is 2.40. The van der Waals surface area contributed by atoms with Crippen molar-refractivity contribution < 1.29 is 4.79 Å². The maximum absolute atomic E-state index is 11.4. The van der Waals surface area contributed by atoms with Crippen LogP contribution >= 0.6 is 0 Å². The predicted octanol–water partition coefficient (Wildman–Crippen LogP) is 2.19. The van der Waals surface area contributed by atoms with E-state index in [1.165, 1.54) is 0 Å². The minimum Gasteiger partial charge on any atom is -0.364 e. The van der Waals surface area contributed by atoms with Gasteiger partial charge in [-0.3, -0.25) is 14.8 Å². The van der Waals surface area contributed by atoms with Crippen molar-refractivity contribution in [1.82, 2.24) is 9.97 Å². The van der Waals surface area contributed by atoms with Gasteiger partial charge in [0.15, 0.2) is 0 Å². The monoisotopic (exact) mass is 241 g/mol. The van der Waals surface area contributed by atoms with Crippen LogP contribution < -0.4 is 5.73 Å². The highest BCUT2D eigenvalue weighted by molar-refractivity contribution is 5.94. The largest absolute Gasteiger partial charge is 0.364 e. The van der Waals surface area contributed by atoms with Gasteiger partial charge < -0.3 is 5.73 Å². The molecule has 0 aromatic carbocycles. The maximum atomic E-state index is 11.4. The molecule has 4 heteroatoms. The second-order valence-corrected chi connectivity index (χ2v) is 4.04. The van der Waals surface area contributed by atoms with Crippen LogP contribution in [0.3, 0.4) is 0 Å². The van der Waals surface area contributed by atoms with Crippen LogP contribution in [0.2, 0.25) is 0 Å². The zero-order chi connectivity index (χ0) is 13.0. The van der Waals surface area contributed by atoms with Crippen LogP contribution in [0.4, 0.5) is 0 Å². The number of hydrogen-bond acceptors (Lipinski definition) is 3. The van der Waals surface area contributed by atoms with Gasteiger partial charge in [0, 0.05) is 24.2 Å². The van der Waals surface area contributed by atoms with Gasteiger partial charge >= 0.3 is 0 Å². The first-order valence-electron chi connectivity index (χ1n) is 5.92. The minimum absolute atomic E-state index is 0.359. The van der Waals surface area contributed by atoms with Crippen LogP contribution in [0.5, 0.6) is 0 Å².